The van der Waals surface area contributed by atoms with Gasteiger partial charge in [0, 0.05) is 15.8 Å². The number of nitrogens with two attached hydrogens (primary N) is 1. The average molecular weight is 265 g/mol. The first-order valence-electron chi connectivity index (χ1n) is 7.54. The van der Waals surface area contributed by atoms with Crippen LogP contribution < -0.4 is 5.73 Å². The molecule has 1 aromatic rings. The third-order valence-electron chi connectivity index (χ3n) is 3.93. The Kier molecular flexibility index (Phi) is 5.25. The van der Waals surface area contributed by atoms with Crippen molar-refractivity contribution in [3.05, 3.63) is 21.4 Å². The number of aryl methyl sites for hydroxylation is 2. The second-order valence-electron chi connectivity index (χ2n) is 6.09. The summed E-state index contributed by atoms with van der Waals surface area (Å²) < 4.78 is 0. The fourth-order valence-electron chi connectivity index (χ4n) is 2.76. The van der Waals surface area contributed by atoms with Gasteiger partial charge in [-0.15, -0.1) is 11.3 Å². The Morgan fingerprint density at radius 1 is 1.17 bits per heavy atom. The molecule has 2 rings (SSSR count). The number of hydrogen-bond acceptors (Lipinski definition) is 2. The molecule has 2 N–H and O–H groups in total. The predicted octanol–water partition coefficient (Wildman–Crippen LogP) is 4.84. The highest BCUT2D eigenvalue weighted by molar-refractivity contribution is 7.12. The zero-order valence-electron chi connectivity index (χ0n) is 11.9. The molecule has 1 aliphatic carbocycles. The van der Waals surface area contributed by atoms with Crippen molar-refractivity contribution < 1.29 is 0 Å². The van der Waals surface area contributed by atoms with Crippen molar-refractivity contribution in [1.82, 2.24) is 0 Å². The highest BCUT2D eigenvalue weighted by atomic mass is 32.1. The van der Waals surface area contributed by atoms with E-state index in [1.807, 2.05) is 11.3 Å². The summed E-state index contributed by atoms with van der Waals surface area (Å²) in [5, 5.41) is 0. The van der Waals surface area contributed by atoms with Crippen LogP contribution in [0.2, 0.25) is 0 Å². The lowest BCUT2D eigenvalue weighted by molar-refractivity contribution is 0.508. The summed E-state index contributed by atoms with van der Waals surface area (Å²) in [6.07, 6.45) is 10.4. The zero-order valence-corrected chi connectivity index (χ0v) is 12.7. The molecule has 1 nitrogen and oxygen atoms in total. The van der Waals surface area contributed by atoms with E-state index < -0.39 is 0 Å². The van der Waals surface area contributed by atoms with Crippen molar-refractivity contribution in [2.75, 3.05) is 0 Å². The molecule has 2 heteroatoms. The molecule has 0 amide bonds. The molecule has 1 aromatic heterocycles. The minimum Gasteiger partial charge on any atom is -0.323 e. The summed E-state index contributed by atoms with van der Waals surface area (Å²) in [6, 6.07) is 2.69. The van der Waals surface area contributed by atoms with Crippen LogP contribution in [0.25, 0.3) is 0 Å². The minimum absolute atomic E-state index is 0.278. The van der Waals surface area contributed by atoms with Gasteiger partial charge in [-0.05, 0) is 49.7 Å². The van der Waals surface area contributed by atoms with E-state index in [0.29, 0.717) is 0 Å². The van der Waals surface area contributed by atoms with Crippen LogP contribution in [-0.2, 0) is 12.8 Å². The SMILES string of the molecule is CC(C)CCCC(N)c1cc2c(s1)CCCCC2. The Balaban J connectivity index is 1.92. The highest BCUT2D eigenvalue weighted by Gasteiger charge is 2.15. The topological polar surface area (TPSA) is 26.0 Å². The second kappa shape index (κ2) is 6.72. The van der Waals surface area contributed by atoms with Crippen molar-refractivity contribution in [2.45, 2.75) is 71.3 Å². The Morgan fingerprint density at radius 2 is 1.94 bits per heavy atom. The molecule has 1 heterocycles. The van der Waals surface area contributed by atoms with Gasteiger partial charge in [0.05, 0.1) is 0 Å². The predicted molar refractivity (Wildman–Crippen MR) is 81.2 cm³/mol. The Hall–Kier alpha value is -0.340. The summed E-state index contributed by atoms with van der Waals surface area (Å²) in [5.41, 5.74) is 7.95. The van der Waals surface area contributed by atoms with Crippen molar-refractivity contribution >= 4 is 11.3 Å². The molecule has 102 valence electrons. The van der Waals surface area contributed by atoms with Crippen molar-refractivity contribution in [3.63, 3.8) is 0 Å². The van der Waals surface area contributed by atoms with Gasteiger partial charge in [-0.2, -0.15) is 0 Å². The van der Waals surface area contributed by atoms with Gasteiger partial charge >= 0.3 is 0 Å². The maximum Gasteiger partial charge on any atom is 0.0389 e. The maximum absolute atomic E-state index is 6.34. The largest absolute Gasteiger partial charge is 0.323 e. The first kappa shape index (κ1) is 14.1. The van der Waals surface area contributed by atoms with Gasteiger partial charge in [-0.1, -0.05) is 33.1 Å². The van der Waals surface area contributed by atoms with Gasteiger partial charge in [-0.25, -0.2) is 0 Å². The molecule has 0 spiro atoms. The smallest absolute Gasteiger partial charge is 0.0389 e. The molecule has 18 heavy (non-hydrogen) atoms. The van der Waals surface area contributed by atoms with Crippen LogP contribution in [0.1, 0.15) is 73.7 Å². The molecule has 1 unspecified atom stereocenters. The van der Waals surface area contributed by atoms with Gasteiger partial charge in [0.15, 0.2) is 0 Å². The summed E-state index contributed by atoms with van der Waals surface area (Å²) in [4.78, 5) is 3.06. The molecule has 0 radical (unpaired) electrons. The van der Waals surface area contributed by atoms with E-state index in [1.165, 1.54) is 49.8 Å². The lowest BCUT2D eigenvalue weighted by atomic mass is 10.0. The second-order valence-corrected chi connectivity index (χ2v) is 7.26. The van der Waals surface area contributed by atoms with Crippen LogP contribution in [0.5, 0.6) is 0 Å². The monoisotopic (exact) mass is 265 g/mol. The van der Waals surface area contributed by atoms with E-state index >= 15 is 0 Å². The van der Waals surface area contributed by atoms with Crippen molar-refractivity contribution in [3.8, 4) is 0 Å². The molecule has 0 saturated carbocycles. The lowest BCUT2D eigenvalue weighted by Gasteiger charge is -2.10. The summed E-state index contributed by atoms with van der Waals surface area (Å²) in [5.74, 6) is 0.803. The Labute approximate surface area is 116 Å². The quantitative estimate of drug-likeness (QED) is 0.757. The summed E-state index contributed by atoms with van der Waals surface area (Å²) >= 11 is 1.99. The first-order valence-corrected chi connectivity index (χ1v) is 8.35. The molecule has 0 aromatic carbocycles. The van der Waals surface area contributed by atoms with Crippen LogP contribution in [0.3, 0.4) is 0 Å². The molecule has 0 saturated heterocycles. The van der Waals surface area contributed by atoms with Gasteiger partial charge < -0.3 is 5.73 Å². The number of hydrogen-bond donors (Lipinski definition) is 1. The van der Waals surface area contributed by atoms with E-state index in [-0.39, 0.29) is 6.04 Å². The normalized spacial score (nSPS) is 17.6. The van der Waals surface area contributed by atoms with Crippen LogP contribution in [0.15, 0.2) is 6.07 Å². The van der Waals surface area contributed by atoms with Crippen molar-refractivity contribution in [2.24, 2.45) is 11.7 Å². The third kappa shape index (κ3) is 3.83. The van der Waals surface area contributed by atoms with E-state index in [1.54, 1.807) is 10.4 Å². The Morgan fingerprint density at radius 3 is 2.72 bits per heavy atom. The van der Waals surface area contributed by atoms with Gasteiger partial charge in [0.2, 0.25) is 0 Å². The molecule has 1 atom stereocenters. The first-order chi connectivity index (χ1) is 8.66. The number of fused-ring (bicyclic) bond motifs is 1. The Bertz CT molecular complexity index is 344. The molecule has 1 aliphatic rings. The zero-order chi connectivity index (χ0) is 13.0. The molecule has 0 aliphatic heterocycles. The highest BCUT2D eigenvalue weighted by Crippen LogP contribution is 2.33. The van der Waals surface area contributed by atoms with E-state index in [2.05, 4.69) is 19.9 Å². The summed E-state index contributed by atoms with van der Waals surface area (Å²) in [7, 11) is 0. The van der Waals surface area contributed by atoms with E-state index in [0.717, 1.165) is 12.3 Å². The van der Waals surface area contributed by atoms with Crippen LogP contribution >= 0.6 is 11.3 Å². The third-order valence-corrected chi connectivity index (χ3v) is 5.30. The van der Waals surface area contributed by atoms with Gasteiger partial charge in [-0.3, -0.25) is 0 Å². The lowest BCUT2D eigenvalue weighted by Crippen LogP contribution is -2.08. The van der Waals surface area contributed by atoms with E-state index in [4.69, 9.17) is 5.73 Å². The van der Waals surface area contributed by atoms with Crippen LogP contribution in [0.4, 0.5) is 0 Å². The van der Waals surface area contributed by atoms with Gasteiger partial charge in [0.25, 0.3) is 0 Å². The molecular formula is C16H27NS. The van der Waals surface area contributed by atoms with E-state index in [9.17, 15) is 0 Å². The summed E-state index contributed by atoms with van der Waals surface area (Å²) in [6.45, 7) is 4.58. The standard InChI is InChI=1S/C16H27NS/c1-12(2)7-6-9-14(17)16-11-13-8-4-3-5-10-15(13)18-16/h11-12,14H,3-10,17H2,1-2H3. The minimum atomic E-state index is 0.278. The molecular weight excluding hydrogens is 238 g/mol. The average Bonchev–Trinajstić information content (AvgIpc) is 2.60. The van der Waals surface area contributed by atoms with Crippen LogP contribution in [0, 0.1) is 5.92 Å². The fourth-order valence-corrected chi connectivity index (χ4v) is 4.05. The fraction of sp³-hybridized carbons (Fsp3) is 0.750. The molecule has 0 fully saturated rings. The van der Waals surface area contributed by atoms with Gasteiger partial charge in [0.1, 0.15) is 0 Å². The molecule has 0 bridgehead atoms. The number of thiophene rings is 1. The maximum atomic E-state index is 6.34. The van der Waals surface area contributed by atoms with Crippen LogP contribution in [-0.4, -0.2) is 0 Å². The number of rotatable bonds is 5. The van der Waals surface area contributed by atoms with Crippen molar-refractivity contribution in [1.29, 1.82) is 0 Å².